The molecule has 0 bridgehead atoms. The Morgan fingerprint density at radius 2 is 2.10 bits per heavy atom. The molecule has 5 nitrogen and oxygen atoms in total. The first-order valence-corrected chi connectivity index (χ1v) is 6.83. The normalized spacial score (nSPS) is 12.6. The lowest BCUT2D eigenvalue weighted by atomic mass is 10.0. The largest absolute Gasteiger partial charge is 0.380 e. The number of rotatable bonds is 5. The molecule has 0 saturated carbocycles. The van der Waals surface area contributed by atoms with E-state index in [0.717, 1.165) is 12.1 Å². The van der Waals surface area contributed by atoms with E-state index in [0.29, 0.717) is 22.9 Å². The Balaban J connectivity index is 2.50. The maximum Gasteiger partial charge on any atom is 0.278 e. The van der Waals surface area contributed by atoms with Gasteiger partial charge in [-0.15, -0.1) is 0 Å². The second kappa shape index (κ2) is 5.86. The van der Waals surface area contributed by atoms with Gasteiger partial charge in [-0.3, -0.25) is 15.1 Å². The van der Waals surface area contributed by atoms with Crippen LogP contribution in [0, 0.1) is 16.0 Å². The maximum atomic E-state index is 11.1. The second-order valence-electron chi connectivity index (χ2n) is 5.19. The molecule has 1 N–H and O–H groups in total. The number of nitro benzene ring substituents is 1. The molecule has 5 heteroatoms. The van der Waals surface area contributed by atoms with E-state index in [-0.39, 0.29) is 10.6 Å². The van der Waals surface area contributed by atoms with E-state index in [9.17, 15) is 10.1 Å². The van der Waals surface area contributed by atoms with E-state index < -0.39 is 0 Å². The molecular weight excluding hydrogens is 254 g/mol. The summed E-state index contributed by atoms with van der Waals surface area (Å²) in [5, 5.41) is 15.1. The Hall–Kier alpha value is -2.17. The summed E-state index contributed by atoms with van der Waals surface area (Å²) < 4.78 is 0. The highest BCUT2D eigenvalue weighted by atomic mass is 16.6. The zero-order valence-corrected chi connectivity index (χ0v) is 12.0. The number of aromatic nitrogens is 1. The molecule has 2 aromatic rings. The summed E-state index contributed by atoms with van der Waals surface area (Å²) in [6.45, 7) is 6.43. The topological polar surface area (TPSA) is 68.1 Å². The summed E-state index contributed by atoms with van der Waals surface area (Å²) in [5.41, 5.74) is 1.60. The number of hydrogen-bond acceptors (Lipinski definition) is 4. The minimum atomic E-state index is -0.368. The summed E-state index contributed by atoms with van der Waals surface area (Å²) in [5.74, 6) is 0.481. The van der Waals surface area contributed by atoms with Crippen LogP contribution in [0.4, 0.5) is 11.4 Å². The molecule has 2 rings (SSSR count). The first kappa shape index (κ1) is 14.2. The van der Waals surface area contributed by atoms with E-state index >= 15 is 0 Å². The third kappa shape index (κ3) is 2.71. The van der Waals surface area contributed by atoms with E-state index in [2.05, 4.69) is 31.1 Å². The van der Waals surface area contributed by atoms with Gasteiger partial charge in [0.25, 0.3) is 5.69 Å². The van der Waals surface area contributed by atoms with Crippen molar-refractivity contribution in [2.45, 2.75) is 33.2 Å². The van der Waals surface area contributed by atoms with Gasteiger partial charge in [-0.25, -0.2) is 0 Å². The molecule has 20 heavy (non-hydrogen) atoms. The SMILES string of the molecule is CCC(Nc1ccc([N+](=O)[O-])c2cccnc12)C(C)C. The first-order chi connectivity index (χ1) is 9.54. The van der Waals surface area contributed by atoms with E-state index in [1.165, 1.54) is 0 Å². The van der Waals surface area contributed by atoms with Crippen LogP contribution in [0.1, 0.15) is 27.2 Å². The molecule has 106 valence electrons. The first-order valence-electron chi connectivity index (χ1n) is 6.83. The maximum absolute atomic E-state index is 11.1. The molecule has 0 fully saturated rings. The Bertz CT molecular complexity index is 626. The van der Waals surface area contributed by atoms with Crippen LogP contribution in [-0.2, 0) is 0 Å². The molecule has 1 atom stereocenters. The van der Waals surface area contributed by atoms with Crippen LogP contribution < -0.4 is 5.32 Å². The van der Waals surface area contributed by atoms with Crippen molar-refractivity contribution < 1.29 is 4.92 Å². The van der Waals surface area contributed by atoms with E-state index in [1.54, 1.807) is 30.5 Å². The number of nitro groups is 1. The minimum Gasteiger partial charge on any atom is -0.380 e. The highest BCUT2D eigenvalue weighted by Gasteiger charge is 2.17. The van der Waals surface area contributed by atoms with Crippen LogP contribution in [0.25, 0.3) is 10.9 Å². The van der Waals surface area contributed by atoms with Crippen molar-refractivity contribution >= 4 is 22.3 Å². The van der Waals surface area contributed by atoms with Gasteiger partial charge in [-0.1, -0.05) is 20.8 Å². The van der Waals surface area contributed by atoms with Crippen LogP contribution in [0.3, 0.4) is 0 Å². The molecule has 0 radical (unpaired) electrons. The van der Waals surface area contributed by atoms with Gasteiger partial charge < -0.3 is 5.32 Å². The van der Waals surface area contributed by atoms with Crippen LogP contribution in [-0.4, -0.2) is 15.9 Å². The van der Waals surface area contributed by atoms with Crippen molar-refractivity contribution in [2.75, 3.05) is 5.32 Å². The van der Waals surface area contributed by atoms with Crippen molar-refractivity contribution in [3.63, 3.8) is 0 Å². The lowest BCUT2D eigenvalue weighted by Gasteiger charge is -2.22. The fourth-order valence-electron chi connectivity index (χ4n) is 2.37. The average molecular weight is 273 g/mol. The predicted molar refractivity (Wildman–Crippen MR) is 80.9 cm³/mol. The molecule has 1 aromatic heterocycles. The third-order valence-corrected chi connectivity index (χ3v) is 3.53. The highest BCUT2D eigenvalue weighted by molar-refractivity contribution is 5.96. The number of non-ortho nitro benzene ring substituents is 1. The average Bonchev–Trinajstić information content (AvgIpc) is 2.43. The minimum absolute atomic E-state index is 0.0937. The Morgan fingerprint density at radius 1 is 1.35 bits per heavy atom. The lowest BCUT2D eigenvalue weighted by molar-refractivity contribution is -0.383. The monoisotopic (exact) mass is 273 g/mol. The van der Waals surface area contributed by atoms with Crippen molar-refractivity contribution in [3.8, 4) is 0 Å². The number of anilines is 1. The quantitative estimate of drug-likeness (QED) is 0.660. The van der Waals surface area contributed by atoms with Crippen LogP contribution in [0.2, 0.25) is 0 Å². The Kier molecular flexibility index (Phi) is 4.17. The standard InChI is InChI=1S/C15H19N3O2/c1-4-12(10(2)3)17-13-7-8-14(18(19)20)11-6-5-9-16-15(11)13/h5-10,12,17H,4H2,1-3H3. The summed E-state index contributed by atoms with van der Waals surface area (Å²) in [6, 6.07) is 7.07. The van der Waals surface area contributed by atoms with Crippen LogP contribution >= 0.6 is 0 Å². The molecule has 0 spiro atoms. The van der Waals surface area contributed by atoms with Gasteiger partial charge >= 0.3 is 0 Å². The molecule has 0 aliphatic carbocycles. The number of pyridine rings is 1. The summed E-state index contributed by atoms with van der Waals surface area (Å²) in [6.07, 6.45) is 2.65. The number of fused-ring (bicyclic) bond motifs is 1. The van der Waals surface area contributed by atoms with Gasteiger partial charge in [0.15, 0.2) is 0 Å². The van der Waals surface area contributed by atoms with Gasteiger partial charge in [0, 0.05) is 18.3 Å². The molecule has 1 heterocycles. The Morgan fingerprint density at radius 3 is 2.70 bits per heavy atom. The van der Waals surface area contributed by atoms with Gasteiger partial charge in [0.2, 0.25) is 0 Å². The zero-order valence-electron chi connectivity index (χ0n) is 12.0. The molecule has 1 aromatic carbocycles. The van der Waals surface area contributed by atoms with Crippen LogP contribution in [0.5, 0.6) is 0 Å². The smallest absolute Gasteiger partial charge is 0.278 e. The van der Waals surface area contributed by atoms with Gasteiger partial charge in [0.1, 0.15) is 5.52 Å². The number of nitrogens with one attached hydrogen (secondary N) is 1. The zero-order chi connectivity index (χ0) is 14.7. The third-order valence-electron chi connectivity index (χ3n) is 3.53. The highest BCUT2D eigenvalue weighted by Crippen LogP contribution is 2.30. The van der Waals surface area contributed by atoms with E-state index in [4.69, 9.17) is 0 Å². The van der Waals surface area contributed by atoms with E-state index in [1.807, 2.05) is 0 Å². The van der Waals surface area contributed by atoms with Crippen molar-refractivity contribution in [1.82, 2.24) is 4.98 Å². The predicted octanol–water partition coefficient (Wildman–Crippen LogP) is 3.99. The van der Waals surface area contributed by atoms with Gasteiger partial charge in [-0.05, 0) is 30.5 Å². The molecule has 0 saturated heterocycles. The Labute approximate surface area is 118 Å². The summed E-state index contributed by atoms with van der Waals surface area (Å²) in [4.78, 5) is 15.0. The molecule has 1 unspecified atom stereocenters. The number of nitrogens with zero attached hydrogens (tertiary/aromatic N) is 2. The second-order valence-corrected chi connectivity index (χ2v) is 5.19. The van der Waals surface area contributed by atoms with Crippen molar-refractivity contribution in [1.29, 1.82) is 0 Å². The fraction of sp³-hybridized carbons (Fsp3) is 0.400. The summed E-state index contributed by atoms with van der Waals surface area (Å²) >= 11 is 0. The van der Waals surface area contributed by atoms with Crippen molar-refractivity contribution in [3.05, 3.63) is 40.6 Å². The molecule has 0 aliphatic heterocycles. The summed E-state index contributed by atoms with van der Waals surface area (Å²) in [7, 11) is 0. The lowest BCUT2D eigenvalue weighted by Crippen LogP contribution is -2.24. The molecule has 0 amide bonds. The van der Waals surface area contributed by atoms with Gasteiger partial charge in [-0.2, -0.15) is 0 Å². The fourth-order valence-corrected chi connectivity index (χ4v) is 2.37. The van der Waals surface area contributed by atoms with Crippen molar-refractivity contribution in [2.24, 2.45) is 5.92 Å². The van der Waals surface area contributed by atoms with Gasteiger partial charge in [0.05, 0.1) is 16.0 Å². The molecule has 0 aliphatic rings. The number of benzene rings is 1. The van der Waals surface area contributed by atoms with Crippen LogP contribution in [0.15, 0.2) is 30.5 Å². The molecular formula is C15H19N3O2. The number of hydrogen-bond donors (Lipinski definition) is 1.